The monoisotopic (exact) mass is 905 g/mol. The van der Waals surface area contributed by atoms with Crippen molar-refractivity contribution < 1.29 is 0 Å². The van der Waals surface area contributed by atoms with Crippen LogP contribution in [0.2, 0.25) is 0 Å². The van der Waals surface area contributed by atoms with Gasteiger partial charge in [0.05, 0.1) is 0 Å². The van der Waals surface area contributed by atoms with Gasteiger partial charge in [-0.2, -0.15) is 0 Å². The molecule has 0 atom stereocenters. The molecule has 0 spiro atoms. The minimum Gasteiger partial charge on any atom is -0.0776 e. The van der Waals surface area contributed by atoms with Crippen LogP contribution in [0.15, 0.2) is 0 Å². The maximum absolute atomic E-state index is 1.60. The van der Waals surface area contributed by atoms with Crippen molar-refractivity contribution in [1.82, 2.24) is 0 Å². The second-order valence-electron chi connectivity index (χ2n) is 22.7. The summed E-state index contributed by atoms with van der Waals surface area (Å²) < 4.78 is 0. The highest BCUT2D eigenvalue weighted by molar-refractivity contribution is 4.93. The van der Waals surface area contributed by atoms with Crippen molar-refractivity contribution >= 4 is 0 Å². The molecule has 17 fully saturated rings. The molecule has 64 heavy (non-hydrogen) atoms. The lowest BCUT2D eigenvalue weighted by atomic mass is 9.56. The van der Waals surface area contributed by atoms with Crippen LogP contribution in [0, 0.1) is 59.2 Å². The van der Waals surface area contributed by atoms with Crippen LogP contribution >= 0.6 is 0 Å². The van der Waals surface area contributed by atoms with Gasteiger partial charge in [0.15, 0.2) is 0 Å². The van der Waals surface area contributed by atoms with Crippen LogP contribution in [-0.2, 0) is 0 Å². The smallest absolute Gasteiger partial charge is 0.0406 e. The van der Waals surface area contributed by atoms with Crippen LogP contribution in [0.1, 0.15) is 356 Å². The third kappa shape index (κ3) is 29.8. The molecule has 0 aromatic rings. The largest absolute Gasteiger partial charge is 0.0776 e. The molecule has 0 unspecified atom stereocenters. The van der Waals surface area contributed by atoms with E-state index in [1.807, 2.05) is 0 Å². The average molecular weight is 906 g/mol. The van der Waals surface area contributed by atoms with Gasteiger partial charge in [-0.15, -0.1) is 0 Å². The zero-order chi connectivity index (χ0) is 37.6. The molecule has 0 nitrogen and oxygen atoms in total. The van der Waals surface area contributed by atoms with Crippen LogP contribution in [0.3, 0.4) is 0 Å². The number of hydrogen-bond donors (Lipinski definition) is 0. The first-order valence-corrected chi connectivity index (χ1v) is 27.2. The normalized spacial score (nSPS) is 33.8. The Bertz CT molecular complexity index is 747. The predicted molar refractivity (Wildman–Crippen MR) is 303 cm³/mol. The predicted octanol–water partition coefficient (Wildman–Crippen LogP) is 24.5. The fourth-order valence-electron chi connectivity index (χ4n) is 13.1. The summed E-state index contributed by atoms with van der Waals surface area (Å²) in [5.41, 5.74) is 0. The molecular weight excluding hydrogens is 769 g/mol. The highest BCUT2D eigenvalue weighted by Gasteiger charge is 2.42. The first-order valence-electron chi connectivity index (χ1n) is 27.2. The van der Waals surface area contributed by atoms with E-state index in [1.54, 1.807) is 128 Å². The molecule has 17 aliphatic carbocycles. The van der Waals surface area contributed by atoms with Crippen LogP contribution in [-0.4, -0.2) is 0 Å². The molecule has 0 heteroatoms. The number of hydrogen-bond acceptors (Lipinski definition) is 0. The van der Waals surface area contributed by atoms with Crippen molar-refractivity contribution in [2.75, 3.05) is 0 Å². The van der Waals surface area contributed by atoms with Crippen LogP contribution in [0.4, 0.5) is 0 Å². The maximum atomic E-state index is 1.60. The summed E-state index contributed by atoms with van der Waals surface area (Å²) >= 11 is 0. The summed E-state index contributed by atoms with van der Waals surface area (Å²) in [6.07, 6.45) is 69.1. The summed E-state index contributed by atoms with van der Waals surface area (Å²) in [5.74, 6) is 11.8. The molecule has 0 amide bonds. The number of fused-ring (bicyclic) bond motifs is 5. The van der Waals surface area contributed by atoms with Gasteiger partial charge in [-0.05, 0) is 123 Å². The van der Waals surface area contributed by atoms with E-state index in [1.165, 1.54) is 208 Å². The van der Waals surface area contributed by atoms with Gasteiger partial charge in [-0.3, -0.25) is 0 Å². The van der Waals surface area contributed by atoms with Crippen molar-refractivity contribution in [2.45, 2.75) is 356 Å². The van der Waals surface area contributed by atoms with E-state index in [4.69, 9.17) is 0 Å². The Morgan fingerprint density at radius 1 is 0.109 bits per heavy atom. The molecule has 0 aromatic carbocycles. The second-order valence-corrected chi connectivity index (χ2v) is 22.7. The standard InChI is InChI=1S/C10H16.C8H14.C7H12.C7H14.C6H12.C5H8.C5H10.C4H8.C3H6.9CH4/c1-7-2-9-4-8(1)5-10(3-7)6-9;1-2-8-5-3-7(1)4-6-8;1-2-7-4-3-6(1)5-7;1-2-4-6-7-5-3-1;1-2-4-6-5-3-1;1-4-2-5(1)3-4;1-2-4-5-3-1;1-2-4-3-1;1-2-3-1;;;;;;;;;/h7-10H,1-6H2;7-8H,1-6H2;6-7H,1-5H2;1-7H2;1-6H2;4-5H,1-3H2;1-5H2;1-4H2;1-3H2;9*1H4. The van der Waals surface area contributed by atoms with Crippen molar-refractivity contribution in [3.8, 4) is 0 Å². The molecule has 10 bridgehead atoms. The van der Waals surface area contributed by atoms with E-state index < -0.39 is 0 Å². The Balaban J connectivity index is -0.000000316. The molecular formula is C64H136. The zero-order valence-electron chi connectivity index (χ0n) is 37.6. The Labute approximate surface area is 413 Å². The molecule has 0 heterocycles. The SMILES string of the molecule is C.C.C.C.C.C.C.C.C.C1C2CC1C2.C1C2CC3CC1CC(C2)C3.C1CC1.C1CC2CCC1C2.C1CC2CCC1CC2.C1CCC1.C1CCCC1.C1CCCCC1.C1CCCCCC1. The Hall–Kier alpha value is 0. The fraction of sp³-hybridized carbons (Fsp3) is 1.00. The van der Waals surface area contributed by atoms with Crippen molar-refractivity contribution in [3.63, 3.8) is 0 Å². The van der Waals surface area contributed by atoms with Crippen molar-refractivity contribution in [3.05, 3.63) is 0 Å². The van der Waals surface area contributed by atoms with Gasteiger partial charge < -0.3 is 0 Å². The topological polar surface area (TPSA) is 0 Å². The van der Waals surface area contributed by atoms with Gasteiger partial charge in [-0.1, -0.05) is 292 Å². The van der Waals surface area contributed by atoms with E-state index >= 15 is 0 Å². The molecule has 0 aromatic heterocycles. The Morgan fingerprint density at radius 3 is 0.281 bits per heavy atom. The van der Waals surface area contributed by atoms with E-state index in [0.29, 0.717) is 0 Å². The summed E-state index contributed by atoms with van der Waals surface area (Å²) in [6, 6.07) is 0. The average Bonchev–Trinajstić information content (AvgIpc) is 3.68. The van der Waals surface area contributed by atoms with Crippen LogP contribution in [0.5, 0.6) is 0 Å². The minimum absolute atomic E-state index is 0. The Morgan fingerprint density at radius 2 is 0.203 bits per heavy atom. The summed E-state index contributed by atoms with van der Waals surface area (Å²) in [4.78, 5) is 0. The first-order chi connectivity index (χ1) is 27.2. The molecule has 0 radical (unpaired) electrons. The summed E-state index contributed by atoms with van der Waals surface area (Å²) in [6.45, 7) is 0. The zero-order valence-corrected chi connectivity index (χ0v) is 37.6. The van der Waals surface area contributed by atoms with Gasteiger partial charge in [0.2, 0.25) is 0 Å². The van der Waals surface area contributed by atoms with Crippen LogP contribution in [0.25, 0.3) is 0 Å². The summed E-state index contributed by atoms with van der Waals surface area (Å²) in [7, 11) is 0. The van der Waals surface area contributed by atoms with Gasteiger partial charge in [0.25, 0.3) is 0 Å². The van der Waals surface area contributed by atoms with E-state index in [9.17, 15) is 0 Å². The molecule has 17 saturated carbocycles. The highest BCUT2D eigenvalue weighted by atomic mass is 14.5. The molecule has 17 aliphatic rings. The van der Waals surface area contributed by atoms with Crippen LogP contribution < -0.4 is 0 Å². The molecule has 0 saturated heterocycles. The van der Waals surface area contributed by atoms with Gasteiger partial charge in [0, 0.05) is 0 Å². The lowest BCUT2D eigenvalue weighted by molar-refractivity contribution is 0.0197. The lowest BCUT2D eigenvalue weighted by Gasteiger charge is -2.49. The molecule has 17 rings (SSSR count). The van der Waals surface area contributed by atoms with Gasteiger partial charge >= 0.3 is 0 Å². The lowest BCUT2D eigenvalue weighted by Crippen LogP contribution is -2.38. The first kappa shape index (κ1) is 70.6. The van der Waals surface area contributed by atoms with Crippen molar-refractivity contribution in [1.29, 1.82) is 0 Å². The molecule has 0 aliphatic heterocycles. The highest BCUT2D eigenvalue weighted by Crippen LogP contribution is 2.54. The quantitative estimate of drug-likeness (QED) is 0.213. The van der Waals surface area contributed by atoms with E-state index in [0.717, 1.165) is 11.8 Å². The molecule has 392 valence electrons. The minimum atomic E-state index is 0. The van der Waals surface area contributed by atoms with E-state index in [2.05, 4.69) is 0 Å². The third-order valence-corrected chi connectivity index (χ3v) is 17.4. The van der Waals surface area contributed by atoms with E-state index in [-0.39, 0.29) is 66.8 Å². The molecule has 0 N–H and O–H groups in total. The fourth-order valence-corrected chi connectivity index (χ4v) is 13.1. The van der Waals surface area contributed by atoms with Crippen molar-refractivity contribution in [2.24, 2.45) is 59.2 Å². The number of rotatable bonds is 0. The second kappa shape index (κ2) is 43.1. The third-order valence-electron chi connectivity index (χ3n) is 17.4. The van der Waals surface area contributed by atoms with Gasteiger partial charge in [0.1, 0.15) is 0 Å². The maximum Gasteiger partial charge on any atom is -0.0406 e. The van der Waals surface area contributed by atoms with Gasteiger partial charge in [-0.25, -0.2) is 0 Å². The summed E-state index contributed by atoms with van der Waals surface area (Å²) in [5, 5.41) is 0. The Kier molecular flexibility index (Phi) is 47.5.